The number of hydrogen-bond acceptors (Lipinski definition) is 5. The molecule has 13 heavy (non-hydrogen) atoms. The van der Waals surface area contributed by atoms with Crippen LogP contribution in [0.4, 0.5) is 0 Å². The van der Waals surface area contributed by atoms with Gasteiger partial charge >= 0.3 is 5.97 Å². The Kier molecular flexibility index (Phi) is 1.37. The van der Waals surface area contributed by atoms with Crippen LogP contribution in [-0.2, 0) is 4.79 Å². The van der Waals surface area contributed by atoms with Crippen molar-refractivity contribution >= 4 is 17.7 Å². The van der Waals surface area contributed by atoms with Crippen LogP contribution in [-0.4, -0.2) is 36.4 Å². The first-order chi connectivity index (χ1) is 5.99. The summed E-state index contributed by atoms with van der Waals surface area (Å²) in [4.78, 5) is 10.7. The van der Waals surface area contributed by atoms with Crippen molar-refractivity contribution in [1.82, 2.24) is 0 Å². The molecule has 1 fully saturated rings. The lowest BCUT2D eigenvalue weighted by Crippen LogP contribution is -2.28. The Morgan fingerprint density at radius 3 is 2.62 bits per heavy atom. The van der Waals surface area contributed by atoms with Crippen molar-refractivity contribution in [1.29, 1.82) is 0 Å². The van der Waals surface area contributed by atoms with E-state index in [1.807, 2.05) is 0 Å². The van der Waals surface area contributed by atoms with Crippen LogP contribution < -0.4 is 0 Å². The van der Waals surface area contributed by atoms with Crippen LogP contribution in [0, 0.1) is 0 Å². The molecular weight excluding hydrogens is 196 g/mol. The normalized spacial score (nSPS) is 36.6. The van der Waals surface area contributed by atoms with Crippen LogP contribution >= 0.6 is 11.8 Å². The molecule has 0 radical (unpaired) electrons. The average Bonchev–Trinajstić information content (AvgIpc) is 2.76. The highest BCUT2D eigenvalue weighted by atomic mass is 32.2. The van der Waals surface area contributed by atoms with Gasteiger partial charge in [0, 0.05) is 0 Å². The number of thioether (sulfide) groups is 1. The molecule has 5 nitrogen and oxygen atoms in total. The van der Waals surface area contributed by atoms with Gasteiger partial charge in [-0.1, -0.05) is 0 Å². The predicted octanol–water partition coefficient (Wildman–Crippen LogP) is 0.708. The lowest BCUT2D eigenvalue weighted by molar-refractivity contribution is -0.137. The second kappa shape index (κ2) is 2.14. The smallest absolute Gasteiger partial charge is 0.325 e. The van der Waals surface area contributed by atoms with E-state index in [0.29, 0.717) is 0 Å². The maximum Gasteiger partial charge on any atom is 0.325 e. The summed E-state index contributed by atoms with van der Waals surface area (Å²) in [6, 6.07) is 0. The van der Waals surface area contributed by atoms with Crippen molar-refractivity contribution < 1.29 is 25.2 Å². The minimum absolute atomic E-state index is 0.465. The number of fused-ring (bicyclic) bond motifs is 1. The van der Waals surface area contributed by atoms with E-state index in [2.05, 4.69) is 0 Å². The van der Waals surface area contributed by atoms with Gasteiger partial charge in [-0.3, -0.25) is 4.79 Å². The largest absolute Gasteiger partial charge is 0.507 e. The second-order valence-corrected chi connectivity index (χ2v) is 4.24. The zero-order chi connectivity index (χ0) is 9.80. The standard InChI is InChI=1S/C7H6O5S/c8-2-1-7(6(11)12)5(13-7)4(10)3(2)9/h1,5,8-10H,(H,11,12). The van der Waals surface area contributed by atoms with Crippen LogP contribution in [0.25, 0.3) is 0 Å². The van der Waals surface area contributed by atoms with Gasteiger partial charge in [-0.25, -0.2) is 0 Å². The highest BCUT2D eigenvalue weighted by Gasteiger charge is 2.66. The van der Waals surface area contributed by atoms with E-state index >= 15 is 0 Å². The Bertz CT molecular complexity index is 358. The number of rotatable bonds is 1. The predicted molar refractivity (Wildman–Crippen MR) is 44.7 cm³/mol. The molecule has 1 heterocycles. The lowest BCUT2D eigenvalue weighted by atomic mass is 9.98. The summed E-state index contributed by atoms with van der Waals surface area (Å²) in [7, 11) is 0. The monoisotopic (exact) mass is 202 g/mol. The number of carboxylic acid groups (broad SMARTS) is 1. The summed E-state index contributed by atoms with van der Waals surface area (Å²) >= 11 is 0.966. The van der Waals surface area contributed by atoms with Gasteiger partial charge in [-0.15, -0.1) is 11.8 Å². The van der Waals surface area contributed by atoms with Gasteiger partial charge in [0.15, 0.2) is 22.0 Å². The molecule has 1 aliphatic carbocycles. The van der Waals surface area contributed by atoms with E-state index in [0.717, 1.165) is 17.8 Å². The molecule has 2 atom stereocenters. The molecule has 6 heteroatoms. The molecule has 0 spiro atoms. The molecule has 0 aromatic heterocycles. The van der Waals surface area contributed by atoms with Gasteiger partial charge in [0.05, 0.1) is 5.25 Å². The zero-order valence-electron chi connectivity index (χ0n) is 6.26. The summed E-state index contributed by atoms with van der Waals surface area (Å²) in [5, 5.41) is 35.4. The quantitative estimate of drug-likeness (QED) is 0.467. The number of carbonyl (C=O) groups is 1. The maximum atomic E-state index is 10.7. The van der Waals surface area contributed by atoms with Crippen LogP contribution in [0.5, 0.6) is 0 Å². The molecule has 2 rings (SSSR count). The van der Waals surface area contributed by atoms with Crippen LogP contribution in [0.15, 0.2) is 23.4 Å². The third kappa shape index (κ3) is 0.859. The van der Waals surface area contributed by atoms with Gasteiger partial charge in [-0.2, -0.15) is 0 Å². The third-order valence-corrected chi connectivity index (χ3v) is 3.56. The van der Waals surface area contributed by atoms with Gasteiger partial charge in [-0.05, 0) is 6.08 Å². The number of aliphatic hydroxyl groups is 3. The van der Waals surface area contributed by atoms with E-state index in [4.69, 9.17) is 15.3 Å². The molecular formula is C7H6O5S. The number of hydrogen-bond donors (Lipinski definition) is 4. The minimum atomic E-state index is -1.28. The topological polar surface area (TPSA) is 98.0 Å². The molecule has 0 saturated carbocycles. The molecule has 4 N–H and O–H groups in total. The molecule has 70 valence electrons. The summed E-state index contributed by atoms with van der Waals surface area (Å²) in [5.41, 5.74) is 0. The Balaban J connectivity index is 2.45. The SMILES string of the molecule is O=C(O)C12C=C(O)C(O)=C(O)C1S2. The fourth-order valence-electron chi connectivity index (χ4n) is 1.28. The molecule has 2 unspecified atom stereocenters. The van der Waals surface area contributed by atoms with Crippen LogP contribution in [0.3, 0.4) is 0 Å². The average molecular weight is 202 g/mol. The van der Waals surface area contributed by atoms with Gasteiger partial charge in [0.2, 0.25) is 0 Å². The van der Waals surface area contributed by atoms with Crippen molar-refractivity contribution in [2.75, 3.05) is 0 Å². The van der Waals surface area contributed by atoms with Crippen molar-refractivity contribution in [3.8, 4) is 0 Å². The van der Waals surface area contributed by atoms with E-state index in [1.165, 1.54) is 0 Å². The van der Waals surface area contributed by atoms with E-state index in [1.54, 1.807) is 0 Å². The summed E-state index contributed by atoms with van der Waals surface area (Å²) < 4.78 is -1.28. The van der Waals surface area contributed by atoms with E-state index in [9.17, 15) is 9.90 Å². The first-order valence-electron chi connectivity index (χ1n) is 3.44. The maximum absolute atomic E-state index is 10.7. The Hall–Kier alpha value is -1.30. The highest BCUT2D eigenvalue weighted by Crippen LogP contribution is 2.60. The molecule has 1 aliphatic heterocycles. The summed E-state index contributed by atoms with van der Waals surface area (Å²) in [5.74, 6) is -2.81. The molecule has 2 aliphatic rings. The Morgan fingerprint density at radius 2 is 2.08 bits per heavy atom. The second-order valence-electron chi connectivity index (χ2n) is 2.86. The van der Waals surface area contributed by atoms with Crippen molar-refractivity contribution in [3.05, 3.63) is 23.4 Å². The summed E-state index contributed by atoms with van der Waals surface area (Å²) in [6.07, 6.45) is 1.04. The number of aliphatic carboxylic acids is 1. The first kappa shape index (κ1) is 8.31. The van der Waals surface area contributed by atoms with E-state index in [-0.39, 0.29) is 0 Å². The molecule has 0 aromatic rings. The minimum Gasteiger partial charge on any atom is -0.507 e. The van der Waals surface area contributed by atoms with Crippen molar-refractivity contribution in [2.45, 2.75) is 10.00 Å². The summed E-state index contributed by atoms with van der Waals surface area (Å²) in [6.45, 7) is 0. The first-order valence-corrected chi connectivity index (χ1v) is 4.32. The lowest BCUT2D eigenvalue weighted by Gasteiger charge is -2.12. The van der Waals surface area contributed by atoms with Gasteiger partial charge in [0.1, 0.15) is 0 Å². The zero-order valence-corrected chi connectivity index (χ0v) is 7.08. The van der Waals surface area contributed by atoms with Gasteiger partial charge in [0.25, 0.3) is 0 Å². The molecule has 0 amide bonds. The molecule has 0 aromatic carbocycles. The Morgan fingerprint density at radius 1 is 1.46 bits per heavy atom. The highest BCUT2D eigenvalue weighted by molar-refractivity contribution is 8.10. The molecule has 1 saturated heterocycles. The van der Waals surface area contributed by atoms with Crippen LogP contribution in [0.2, 0.25) is 0 Å². The molecule has 0 bridgehead atoms. The van der Waals surface area contributed by atoms with E-state index < -0.39 is 33.2 Å². The fourth-order valence-corrected chi connectivity index (χ4v) is 2.39. The Labute approximate surface area is 77.0 Å². The van der Waals surface area contributed by atoms with Crippen molar-refractivity contribution in [2.24, 2.45) is 0 Å². The fraction of sp³-hybridized carbons (Fsp3) is 0.286. The number of aliphatic hydroxyl groups excluding tert-OH is 3. The van der Waals surface area contributed by atoms with Crippen molar-refractivity contribution in [3.63, 3.8) is 0 Å². The van der Waals surface area contributed by atoms with Gasteiger partial charge < -0.3 is 20.4 Å². The number of carboxylic acids is 1. The third-order valence-electron chi connectivity index (χ3n) is 2.06. The van der Waals surface area contributed by atoms with Crippen LogP contribution in [0.1, 0.15) is 0 Å².